The zero-order chi connectivity index (χ0) is 20.2. The lowest BCUT2D eigenvalue weighted by Gasteiger charge is -2.13. The lowest BCUT2D eigenvalue weighted by Crippen LogP contribution is -2.34. The minimum Gasteiger partial charge on any atom is -0.353 e. The zero-order valence-corrected chi connectivity index (χ0v) is 17.4. The summed E-state index contributed by atoms with van der Waals surface area (Å²) in [5.41, 5.74) is 5.31. The number of benzene rings is 2. The van der Waals surface area contributed by atoms with Gasteiger partial charge in [0.2, 0.25) is 5.91 Å². The normalized spacial score (nSPS) is 12.3. The summed E-state index contributed by atoms with van der Waals surface area (Å²) >= 11 is 1.44. The lowest BCUT2D eigenvalue weighted by atomic mass is 10.1. The second-order valence-electron chi connectivity index (χ2n) is 7.36. The van der Waals surface area contributed by atoms with Crippen LogP contribution in [0.3, 0.4) is 0 Å². The average Bonchev–Trinajstić information content (AvgIpc) is 3.10. The molecule has 0 spiro atoms. The van der Waals surface area contributed by atoms with Crippen molar-refractivity contribution in [2.75, 3.05) is 5.75 Å². The molecule has 2 heterocycles. The molecular formula is C23H24N4OS. The van der Waals surface area contributed by atoms with Gasteiger partial charge in [-0.05, 0) is 44.4 Å². The Hall–Kier alpha value is -2.86. The first-order chi connectivity index (χ1) is 14.1. The molecule has 0 aliphatic heterocycles. The van der Waals surface area contributed by atoms with Crippen LogP contribution in [0.4, 0.5) is 0 Å². The Morgan fingerprint density at radius 1 is 1.17 bits per heavy atom. The van der Waals surface area contributed by atoms with Crippen molar-refractivity contribution in [3.05, 3.63) is 66.0 Å². The number of H-pyrrole nitrogens is 1. The van der Waals surface area contributed by atoms with Crippen molar-refractivity contribution in [2.24, 2.45) is 0 Å². The quantitative estimate of drug-likeness (QED) is 0.347. The molecule has 0 saturated heterocycles. The number of fused-ring (bicyclic) bond motifs is 3. The molecule has 2 aromatic heterocycles. The monoisotopic (exact) mass is 404 g/mol. The smallest absolute Gasteiger partial charge is 0.230 e. The average molecular weight is 405 g/mol. The molecule has 0 radical (unpaired) electrons. The summed E-state index contributed by atoms with van der Waals surface area (Å²) in [6, 6.07) is 16.7. The van der Waals surface area contributed by atoms with E-state index in [-0.39, 0.29) is 11.9 Å². The van der Waals surface area contributed by atoms with Gasteiger partial charge in [0.05, 0.1) is 11.3 Å². The highest BCUT2D eigenvalue weighted by atomic mass is 32.2. The van der Waals surface area contributed by atoms with Crippen LogP contribution in [0.15, 0.2) is 59.9 Å². The maximum atomic E-state index is 12.4. The van der Waals surface area contributed by atoms with Crippen molar-refractivity contribution in [3.63, 3.8) is 0 Å². The standard InChI is InChI=1S/C23H24N4OS/c1-15-8-11-19-18(12-15)21-22(27-19)23(25-14-24-21)29-13-20(28)26-16(2)9-10-17-6-4-3-5-7-17/h3-8,11-12,14,16,27H,9-10,13H2,1-2H3,(H,26,28). The largest absolute Gasteiger partial charge is 0.353 e. The molecule has 29 heavy (non-hydrogen) atoms. The van der Waals surface area contributed by atoms with E-state index < -0.39 is 0 Å². The molecule has 0 saturated carbocycles. The third-order valence-electron chi connectivity index (χ3n) is 4.96. The zero-order valence-electron chi connectivity index (χ0n) is 16.6. The molecule has 5 nitrogen and oxygen atoms in total. The van der Waals surface area contributed by atoms with Gasteiger partial charge in [0.25, 0.3) is 0 Å². The van der Waals surface area contributed by atoms with E-state index in [0.717, 1.165) is 39.8 Å². The van der Waals surface area contributed by atoms with Crippen molar-refractivity contribution in [1.29, 1.82) is 0 Å². The molecule has 0 aliphatic rings. The Morgan fingerprint density at radius 3 is 2.83 bits per heavy atom. The molecule has 4 aromatic rings. The Bertz CT molecular complexity index is 1140. The molecule has 0 bridgehead atoms. The molecule has 0 fully saturated rings. The number of thioether (sulfide) groups is 1. The predicted octanol–water partition coefficient (Wildman–Crippen LogP) is 4.65. The summed E-state index contributed by atoms with van der Waals surface area (Å²) < 4.78 is 0. The molecular weight excluding hydrogens is 380 g/mol. The summed E-state index contributed by atoms with van der Waals surface area (Å²) in [6.07, 6.45) is 3.44. The van der Waals surface area contributed by atoms with Gasteiger partial charge in [0.15, 0.2) is 0 Å². The van der Waals surface area contributed by atoms with Crippen molar-refractivity contribution in [1.82, 2.24) is 20.3 Å². The molecule has 6 heteroatoms. The Morgan fingerprint density at radius 2 is 2.00 bits per heavy atom. The molecule has 1 unspecified atom stereocenters. The maximum Gasteiger partial charge on any atom is 0.230 e. The van der Waals surface area contributed by atoms with Crippen LogP contribution in [0.25, 0.3) is 21.9 Å². The van der Waals surface area contributed by atoms with Gasteiger partial charge in [-0.15, -0.1) is 0 Å². The van der Waals surface area contributed by atoms with E-state index in [1.807, 2.05) is 18.2 Å². The van der Waals surface area contributed by atoms with Gasteiger partial charge in [-0.1, -0.05) is 53.7 Å². The van der Waals surface area contributed by atoms with Crippen molar-refractivity contribution < 1.29 is 4.79 Å². The highest BCUT2D eigenvalue weighted by Gasteiger charge is 2.14. The summed E-state index contributed by atoms with van der Waals surface area (Å²) in [7, 11) is 0. The highest BCUT2D eigenvalue weighted by Crippen LogP contribution is 2.30. The fourth-order valence-electron chi connectivity index (χ4n) is 3.44. The number of hydrogen-bond acceptors (Lipinski definition) is 4. The number of aryl methyl sites for hydroxylation is 2. The number of carbonyl (C=O) groups is 1. The van der Waals surface area contributed by atoms with Crippen molar-refractivity contribution in [3.8, 4) is 0 Å². The second kappa shape index (κ2) is 8.66. The Kier molecular flexibility index (Phi) is 5.81. The van der Waals surface area contributed by atoms with Gasteiger partial charge in [-0.3, -0.25) is 4.79 Å². The van der Waals surface area contributed by atoms with E-state index in [4.69, 9.17) is 0 Å². The van der Waals surface area contributed by atoms with Gasteiger partial charge in [0.1, 0.15) is 16.9 Å². The molecule has 1 atom stereocenters. The van der Waals surface area contributed by atoms with E-state index in [1.54, 1.807) is 6.33 Å². The van der Waals surface area contributed by atoms with E-state index in [2.05, 4.69) is 64.4 Å². The molecule has 148 valence electrons. The van der Waals surface area contributed by atoms with Gasteiger partial charge < -0.3 is 10.3 Å². The van der Waals surface area contributed by atoms with Crippen LogP contribution in [-0.4, -0.2) is 32.7 Å². The van der Waals surface area contributed by atoms with Crippen molar-refractivity contribution in [2.45, 2.75) is 37.8 Å². The van der Waals surface area contributed by atoms with Crippen LogP contribution >= 0.6 is 11.8 Å². The SMILES string of the molecule is Cc1ccc2[nH]c3c(SCC(=O)NC(C)CCc4ccccc4)ncnc3c2c1. The second-order valence-corrected chi connectivity index (χ2v) is 8.32. The summed E-state index contributed by atoms with van der Waals surface area (Å²) in [4.78, 5) is 24.6. The molecule has 4 rings (SSSR count). The number of aromatic amines is 1. The number of nitrogens with one attached hydrogen (secondary N) is 2. The summed E-state index contributed by atoms with van der Waals surface area (Å²) in [5.74, 6) is 0.352. The molecule has 2 N–H and O–H groups in total. The third kappa shape index (κ3) is 4.59. The number of rotatable bonds is 7. The summed E-state index contributed by atoms with van der Waals surface area (Å²) in [5, 5.41) is 4.98. The molecule has 2 aromatic carbocycles. The van der Waals surface area contributed by atoms with E-state index in [9.17, 15) is 4.79 Å². The van der Waals surface area contributed by atoms with Crippen molar-refractivity contribution >= 4 is 39.6 Å². The Balaban J connectivity index is 1.37. The van der Waals surface area contributed by atoms with Crippen LogP contribution in [0.1, 0.15) is 24.5 Å². The number of amides is 1. The van der Waals surface area contributed by atoms with Crippen LogP contribution < -0.4 is 5.32 Å². The number of carbonyl (C=O) groups excluding carboxylic acids is 1. The Labute approximate surface area is 174 Å². The van der Waals surface area contributed by atoms with Crippen LogP contribution in [0.2, 0.25) is 0 Å². The number of hydrogen-bond donors (Lipinski definition) is 2. The first-order valence-corrected chi connectivity index (χ1v) is 10.8. The third-order valence-corrected chi connectivity index (χ3v) is 5.95. The maximum absolute atomic E-state index is 12.4. The fraction of sp³-hybridized carbons (Fsp3) is 0.261. The first-order valence-electron chi connectivity index (χ1n) is 9.79. The van der Waals surface area contributed by atoms with E-state index >= 15 is 0 Å². The topological polar surface area (TPSA) is 70.7 Å². The van der Waals surface area contributed by atoms with E-state index in [0.29, 0.717) is 5.75 Å². The summed E-state index contributed by atoms with van der Waals surface area (Å²) in [6.45, 7) is 4.12. The lowest BCUT2D eigenvalue weighted by molar-refractivity contribution is -0.119. The minimum absolute atomic E-state index is 0.0225. The molecule has 1 amide bonds. The highest BCUT2D eigenvalue weighted by molar-refractivity contribution is 8.00. The van der Waals surface area contributed by atoms with E-state index in [1.165, 1.54) is 22.9 Å². The van der Waals surface area contributed by atoms with Gasteiger partial charge in [-0.25, -0.2) is 9.97 Å². The fourth-order valence-corrected chi connectivity index (χ4v) is 4.21. The number of nitrogens with zero attached hydrogens (tertiary/aromatic N) is 2. The van der Waals surface area contributed by atoms with Gasteiger partial charge in [-0.2, -0.15) is 0 Å². The molecule has 0 aliphatic carbocycles. The first kappa shape index (κ1) is 19.5. The van der Waals surface area contributed by atoms with Gasteiger partial charge in [0, 0.05) is 16.9 Å². The van der Waals surface area contributed by atoms with Crippen LogP contribution in [-0.2, 0) is 11.2 Å². The number of aromatic nitrogens is 3. The minimum atomic E-state index is 0.0225. The predicted molar refractivity (Wildman–Crippen MR) is 119 cm³/mol. The van der Waals surface area contributed by atoms with Crippen LogP contribution in [0, 0.1) is 6.92 Å². The van der Waals surface area contributed by atoms with Gasteiger partial charge >= 0.3 is 0 Å². The van der Waals surface area contributed by atoms with Crippen LogP contribution in [0.5, 0.6) is 0 Å².